The van der Waals surface area contributed by atoms with Crippen molar-refractivity contribution in [2.75, 3.05) is 38.2 Å². The average Bonchev–Trinajstić information content (AvgIpc) is 2.79. The Hall–Kier alpha value is -2.83. The smallest absolute Gasteiger partial charge is 0.262 e. The van der Waals surface area contributed by atoms with Crippen LogP contribution in [-0.2, 0) is 11.2 Å². The molecule has 0 unspecified atom stereocenters. The predicted molar refractivity (Wildman–Crippen MR) is 130 cm³/mol. The third-order valence-electron chi connectivity index (χ3n) is 6.45. The Morgan fingerprint density at radius 2 is 2.03 bits per heavy atom. The lowest BCUT2D eigenvalue weighted by Crippen LogP contribution is -2.37. The van der Waals surface area contributed by atoms with E-state index in [9.17, 15) is 4.79 Å². The van der Waals surface area contributed by atoms with E-state index in [4.69, 9.17) is 21.1 Å². The van der Waals surface area contributed by atoms with E-state index in [2.05, 4.69) is 27.3 Å². The second kappa shape index (κ2) is 9.57. The standard InChI is InChI=1S/C26H28ClN3O3/c1-17-2-4-21-22(28-17)14-20(27)15-25(21)32-11-10-30-8-6-18(7-9-30)12-19-3-5-24-23(13-19)29-26(31)16-33-24/h2-5,13-15,18H,6-12,16H2,1H3,(H,29,31). The normalized spacial score (nSPS) is 16.8. The molecule has 2 aliphatic rings. The monoisotopic (exact) mass is 465 g/mol. The maximum absolute atomic E-state index is 11.6. The lowest BCUT2D eigenvalue weighted by Gasteiger charge is -2.32. The predicted octanol–water partition coefficient (Wildman–Crippen LogP) is 4.86. The third kappa shape index (κ3) is 5.23. The number of piperidine rings is 1. The Labute approximate surface area is 198 Å². The number of nitrogens with one attached hydrogen (secondary N) is 1. The first-order chi connectivity index (χ1) is 16.0. The molecule has 1 aromatic heterocycles. The molecule has 33 heavy (non-hydrogen) atoms. The first-order valence-corrected chi connectivity index (χ1v) is 11.9. The van der Waals surface area contributed by atoms with Crippen molar-refractivity contribution in [3.8, 4) is 11.5 Å². The zero-order chi connectivity index (χ0) is 22.8. The molecule has 0 saturated carbocycles. The van der Waals surface area contributed by atoms with E-state index in [1.54, 1.807) is 0 Å². The number of benzene rings is 2. The Morgan fingerprint density at radius 3 is 2.88 bits per heavy atom. The van der Waals surface area contributed by atoms with Crippen molar-refractivity contribution in [2.45, 2.75) is 26.2 Å². The minimum Gasteiger partial charge on any atom is -0.491 e. The Balaban J connectivity index is 1.11. The SMILES string of the molecule is Cc1ccc2c(OCCN3CCC(Cc4ccc5c(c4)NC(=O)CO5)CC3)cc(Cl)cc2n1. The Bertz CT molecular complexity index is 1170. The van der Waals surface area contributed by atoms with Crippen LogP contribution in [0.15, 0.2) is 42.5 Å². The highest BCUT2D eigenvalue weighted by atomic mass is 35.5. The van der Waals surface area contributed by atoms with Gasteiger partial charge < -0.3 is 14.8 Å². The number of anilines is 1. The molecule has 0 atom stereocenters. The Morgan fingerprint density at radius 1 is 1.18 bits per heavy atom. The summed E-state index contributed by atoms with van der Waals surface area (Å²) < 4.78 is 11.6. The number of halogens is 1. The number of likely N-dealkylation sites (tertiary alicyclic amines) is 1. The van der Waals surface area contributed by atoms with Gasteiger partial charge in [-0.25, -0.2) is 0 Å². The highest BCUT2D eigenvalue weighted by Crippen LogP contribution is 2.31. The van der Waals surface area contributed by atoms with Crippen LogP contribution in [-0.4, -0.2) is 48.6 Å². The number of nitrogens with zero attached hydrogens (tertiary/aromatic N) is 2. The highest BCUT2D eigenvalue weighted by molar-refractivity contribution is 6.31. The molecular weight excluding hydrogens is 438 g/mol. The Kier molecular flexibility index (Phi) is 6.38. The molecule has 6 nitrogen and oxygen atoms in total. The molecule has 7 heteroatoms. The topological polar surface area (TPSA) is 63.7 Å². The third-order valence-corrected chi connectivity index (χ3v) is 6.66. The summed E-state index contributed by atoms with van der Waals surface area (Å²) >= 11 is 6.27. The molecule has 1 amide bonds. The lowest BCUT2D eigenvalue weighted by molar-refractivity contribution is -0.118. The van der Waals surface area contributed by atoms with E-state index in [1.807, 2.05) is 37.3 Å². The molecule has 1 fully saturated rings. The van der Waals surface area contributed by atoms with E-state index >= 15 is 0 Å². The fourth-order valence-electron chi connectivity index (χ4n) is 4.68. The van der Waals surface area contributed by atoms with Crippen molar-refractivity contribution >= 4 is 34.1 Å². The van der Waals surface area contributed by atoms with Gasteiger partial charge in [-0.1, -0.05) is 17.7 Å². The number of aromatic nitrogens is 1. The van der Waals surface area contributed by atoms with Crippen LogP contribution in [0.2, 0.25) is 5.02 Å². The van der Waals surface area contributed by atoms with Crippen LogP contribution >= 0.6 is 11.6 Å². The van der Waals surface area contributed by atoms with Crippen LogP contribution in [0.3, 0.4) is 0 Å². The van der Waals surface area contributed by atoms with Gasteiger partial charge in [-0.15, -0.1) is 0 Å². The van der Waals surface area contributed by atoms with Gasteiger partial charge >= 0.3 is 0 Å². The quantitative estimate of drug-likeness (QED) is 0.563. The van der Waals surface area contributed by atoms with Crippen molar-refractivity contribution in [1.29, 1.82) is 0 Å². The summed E-state index contributed by atoms with van der Waals surface area (Å²) in [7, 11) is 0. The summed E-state index contributed by atoms with van der Waals surface area (Å²) in [6, 6.07) is 13.9. The number of hydrogen-bond acceptors (Lipinski definition) is 5. The fraction of sp³-hybridized carbons (Fsp3) is 0.385. The summed E-state index contributed by atoms with van der Waals surface area (Å²) in [4.78, 5) is 18.6. The van der Waals surface area contributed by atoms with Crippen LogP contribution in [0.5, 0.6) is 11.5 Å². The summed E-state index contributed by atoms with van der Waals surface area (Å²) in [6.07, 6.45) is 3.33. The van der Waals surface area contributed by atoms with Crippen LogP contribution in [0.1, 0.15) is 24.1 Å². The molecule has 2 aliphatic heterocycles. The van der Waals surface area contributed by atoms with Gasteiger partial charge in [0.05, 0.1) is 11.2 Å². The van der Waals surface area contributed by atoms with Crippen LogP contribution in [0.4, 0.5) is 5.69 Å². The molecule has 5 rings (SSSR count). The van der Waals surface area contributed by atoms with E-state index in [-0.39, 0.29) is 12.5 Å². The average molecular weight is 466 g/mol. The maximum Gasteiger partial charge on any atom is 0.262 e. The number of hydrogen-bond donors (Lipinski definition) is 1. The minimum absolute atomic E-state index is 0.0904. The van der Waals surface area contributed by atoms with Crippen molar-refractivity contribution in [2.24, 2.45) is 5.92 Å². The van der Waals surface area contributed by atoms with E-state index < -0.39 is 0 Å². The van der Waals surface area contributed by atoms with Gasteiger partial charge in [0.15, 0.2) is 6.61 Å². The number of rotatable bonds is 6. The van der Waals surface area contributed by atoms with Crippen molar-refractivity contribution in [1.82, 2.24) is 9.88 Å². The van der Waals surface area contributed by atoms with Crippen LogP contribution in [0.25, 0.3) is 10.9 Å². The summed E-state index contributed by atoms with van der Waals surface area (Å²) in [5, 5.41) is 4.54. The van der Waals surface area contributed by atoms with E-state index in [0.29, 0.717) is 17.5 Å². The molecule has 172 valence electrons. The minimum atomic E-state index is -0.0904. The van der Waals surface area contributed by atoms with Gasteiger partial charge in [0.25, 0.3) is 5.91 Å². The van der Waals surface area contributed by atoms with Gasteiger partial charge in [0, 0.05) is 22.6 Å². The van der Waals surface area contributed by atoms with Gasteiger partial charge in [0.2, 0.25) is 0 Å². The molecule has 0 aliphatic carbocycles. The zero-order valence-corrected chi connectivity index (χ0v) is 19.5. The summed E-state index contributed by atoms with van der Waals surface area (Å²) in [5.74, 6) is 2.11. The molecule has 0 bridgehead atoms. The number of pyridine rings is 1. The largest absolute Gasteiger partial charge is 0.491 e. The molecular formula is C26H28ClN3O3. The molecule has 3 aromatic rings. The molecule has 3 heterocycles. The lowest BCUT2D eigenvalue weighted by atomic mass is 9.90. The van der Waals surface area contributed by atoms with Gasteiger partial charge in [0.1, 0.15) is 18.1 Å². The van der Waals surface area contributed by atoms with Crippen molar-refractivity contribution < 1.29 is 14.3 Å². The first-order valence-electron chi connectivity index (χ1n) is 11.5. The number of amides is 1. The second-order valence-electron chi connectivity index (χ2n) is 8.93. The van der Waals surface area contributed by atoms with E-state index in [1.165, 1.54) is 5.56 Å². The number of aryl methyl sites for hydroxylation is 1. The summed E-state index contributed by atoms with van der Waals surface area (Å²) in [5.41, 5.74) is 3.87. The fourth-order valence-corrected chi connectivity index (χ4v) is 4.88. The van der Waals surface area contributed by atoms with Crippen LogP contribution < -0.4 is 14.8 Å². The number of fused-ring (bicyclic) bond motifs is 2. The number of carbonyl (C=O) groups is 1. The van der Waals surface area contributed by atoms with Gasteiger partial charge in [-0.05, 0) is 87.2 Å². The summed E-state index contributed by atoms with van der Waals surface area (Å²) in [6.45, 7) is 5.72. The molecule has 1 saturated heterocycles. The van der Waals surface area contributed by atoms with Gasteiger partial charge in [-0.2, -0.15) is 0 Å². The number of carbonyl (C=O) groups excluding carboxylic acids is 1. The van der Waals surface area contributed by atoms with Crippen LogP contribution in [0, 0.1) is 12.8 Å². The highest BCUT2D eigenvalue weighted by Gasteiger charge is 2.21. The van der Waals surface area contributed by atoms with E-state index in [0.717, 1.165) is 72.7 Å². The zero-order valence-electron chi connectivity index (χ0n) is 18.8. The first kappa shape index (κ1) is 22.0. The maximum atomic E-state index is 11.6. The van der Waals surface area contributed by atoms with Gasteiger partial charge in [-0.3, -0.25) is 14.7 Å². The molecule has 2 aromatic carbocycles. The molecule has 0 spiro atoms. The number of ether oxygens (including phenoxy) is 2. The van der Waals surface area contributed by atoms with Crippen molar-refractivity contribution in [3.63, 3.8) is 0 Å². The molecule has 1 N–H and O–H groups in total. The van der Waals surface area contributed by atoms with Crippen molar-refractivity contribution in [3.05, 3.63) is 58.7 Å². The molecule has 0 radical (unpaired) electrons. The second-order valence-corrected chi connectivity index (χ2v) is 9.36.